The van der Waals surface area contributed by atoms with Crippen LogP contribution in [0.15, 0.2) is 28.9 Å². The first kappa shape index (κ1) is 9.68. The minimum Gasteiger partial charge on any atom is -0.248 e. The molecule has 2 aromatic rings. The average Bonchev–Trinajstić information content (AvgIpc) is 2.12. The molecule has 66 valence electrons. The summed E-state index contributed by atoms with van der Waals surface area (Å²) in [5.74, 6) is 0. The highest BCUT2D eigenvalue weighted by molar-refractivity contribution is 14.1. The molecule has 0 fully saturated rings. The van der Waals surface area contributed by atoms with Gasteiger partial charge >= 0.3 is 0 Å². The first-order valence-corrected chi connectivity index (χ1v) is 5.83. The summed E-state index contributed by atoms with van der Waals surface area (Å²) < 4.78 is 1.99. The van der Waals surface area contributed by atoms with Gasteiger partial charge in [0.25, 0.3) is 0 Å². The topological polar surface area (TPSA) is 12.9 Å². The Hall–Kier alpha value is 0.130. The Bertz CT molecular complexity index is 464. The van der Waals surface area contributed by atoms with E-state index in [1.807, 2.05) is 18.2 Å². The maximum absolute atomic E-state index is 6.01. The Labute approximate surface area is 103 Å². The first-order valence-electron chi connectivity index (χ1n) is 3.58. The van der Waals surface area contributed by atoms with Gasteiger partial charge in [0.2, 0.25) is 0 Å². The number of hydrogen-bond acceptors (Lipinski definition) is 1. The predicted octanol–water partition coefficient (Wildman–Crippen LogP) is 4.26. The second-order valence-corrected chi connectivity index (χ2v) is 4.84. The fraction of sp³-hybridized carbons (Fsp3) is 0. The second kappa shape index (κ2) is 3.71. The highest BCUT2D eigenvalue weighted by atomic mass is 127. The summed E-state index contributed by atoms with van der Waals surface area (Å²) >= 11 is 11.7. The van der Waals surface area contributed by atoms with Crippen LogP contribution in [0.1, 0.15) is 0 Å². The number of benzene rings is 1. The van der Waals surface area contributed by atoms with E-state index in [4.69, 9.17) is 11.6 Å². The van der Waals surface area contributed by atoms with Gasteiger partial charge in [-0.05, 0) is 28.7 Å². The second-order valence-electron chi connectivity index (χ2n) is 2.56. The van der Waals surface area contributed by atoms with Crippen molar-refractivity contribution < 1.29 is 0 Å². The van der Waals surface area contributed by atoms with E-state index < -0.39 is 0 Å². The summed E-state index contributed by atoms with van der Waals surface area (Å²) in [4.78, 5) is 4.19. The summed E-state index contributed by atoms with van der Waals surface area (Å²) in [5, 5.41) is 2.81. The number of aromatic nitrogens is 1. The van der Waals surface area contributed by atoms with Crippen LogP contribution in [-0.2, 0) is 0 Å². The third-order valence-corrected chi connectivity index (χ3v) is 3.55. The zero-order valence-electron chi connectivity index (χ0n) is 6.39. The van der Waals surface area contributed by atoms with E-state index in [0.717, 1.165) is 18.9 Å². The molecule has 0 unspecified atom stereocenters. The molecule has 0 aliphatic rings. The Balaban J connectivity index is 3.00. The summed E-state index contributed by atoms with van der Waals surface area (Å²) in [7, 11) is 0. The number of pyridine rings is 1. The summed E-state index contributed by atoms with van der Waals surface area (Å²) in [6.07, 6.45) is 1.68. The van der Waals surface area contributed by atoms with E-state index in [0.29, 0.717) is 5.02 Å². The van der Waals surface area contributed by atoms with Crippen LogP contribution in [0, 0.1) is 3.70 Å². The third-order valence-electron chi connectivity index (χ3n) is 1.77. The number of fused-ring (bicyclic) bond motifs is 1. The van der Waals surface area contributed by atoms with Gasteiger partial charge in [-0.3, -0.25) is 0 Å². The Morgan fingerprint density at radius 1 is 1.38 bits per heavy atom. The van der Waals surface area contributed by atoms with Gasteiger partial charge < -0.3 is 0 Å². The number of halogens is 3. The van der Waals surface area contributed by atoms with E-state index in [2.05, 4.69) is 43.5 Å². The van der Waals surface area contributed by atoms with Gasteiger partial charge in [0.1, 0.15) is 3.70 Å². The highest BCUT2D eigenvalue weighted by Gasteiger charge is 2.06. The molecule has 0 atom stereocenters. The maximum Gasteiger partial charge on any atom is 0.110 e. The molecule has 0 N–H and O–H groups in total. The van der Waals surface area contributed by atoms with Crippen LogP contribution in [-0.4, -0.2) is 4.98 Å². The number of nitrogens with zero attached hydrogens (tertiary/aromatic N) is 1. The van der Waals surface area contributed by atoms with Crippen LogP contribution in [0.2, 0.25) is 5.02 Å². The van der Waals surface area contributed by atoms with E-state index >= 15 is 0 Å². The van der Waals surface area contributed by atoms with Gasteiger partial charge in [-0.2, -0.15) is 0 Å². The molecule has 0 spiro atoms. The van der Waals surface area contributed by atoms with Crippen molar-refractivity contribution in [3.8, 4) is 0 Å². The van der Waals surface area contributed by atoms with Gasteiger partial charge in [0.15, 0.2) is 0 Å². The predicted molar refractivity (Wildman–Crippen MR) is 67.2 cm³/mol. The monoisotopic (exact) mass is 367 g/mol. The smallest absolute Gasteiger partial charge is 0.110 e. The molecule has 0 saturated carbocycles. The van der Waals surface area contributed by atoms with Crippen LogP contribution in [0.4, 0.5) is 0 Å². The minimum atomic E-state index is 0.691. The zero-order valence-corrected chi connectivity index (χ0v) is 10.9. The molecule has 1 nitrogen and oxygen atoms in total. The maximum atomic E-state index is 6.01. The largest absolute Gasteiger partial charge is 0.248 e. The van der Waals surface area contributed by atoms with E-state index in [1.54, 1.807) is 6.20 Å². The lowest BCUT2D eigenvalue weighted by atomic mass is 10.2. The fourth-order valence-corrected chi connectivity index (χ4v) is 3.03. The average molecular weight is 368 g/mol. The molecule has 4 heteroatoms. The van der Waals surface area contributed by atoms with E-state index in [1.165, 1.54) is 0 Å². The Morgan fingerprint density at radius 2 is 2.15 bits per heavy atom. The highest BCUT2D eigenvalue weighted by Crippen LogP contribution is 2.31. The normalized spacial score (nSPS) is 10.7. The van der Waals surface area contributed by atoms with Gasteiger partial charge in [-0.1, -0.05) is 39.7 Å². The SMILES string of the molecule is Clc1cnc(I)c2c(Br)cccc12. The fourth-order valence-electron chi connectivity index (χ4n) is 1.18. The van der Waals surface area contributed by atoms with E-state index in [-0.39, 0.29) is 0 Å². The quantitative estimate of drug-likeness (QED) is 0.500. The summed E-state index contributed by atoms with van der Waals surface area (Å²) in [6.45, 7) is 0. The van der Waals surface area contributed by atoms with Crippen LogP contribution in [0.5, 0.6) is 0 Å². The van der Waals surface area contributed by atoms with Crippen molar-refractivity contribution in [2.24, 2.45) is 0 Å². The molecule has 0 bridgehead atoms. The standard InChI is InChI=1S/C9H4BrClIN/c10-6-3-1-2-5-7(11)4-13-9(12)8(5)6/h1-4H. The first-order chi connectivity index (χ1) is 6.20. The number of rotatable bonds is 0. The zero-order chi connectivity index (χ0) is 9.42. The van der Waals surface area contributed by atoms with Crippen LogP contribution in [0.3, 0.4) is 0 Å². The lowest BCUT2D eigenvalue weighted by Gasteiger charge is -2.03. The van der Waals surface area contributed by atoms with Gasteiger partial charge in [0.05, 0.1) is 5.02 Å². The Kier molecular flexibility index (Phi) is 2.76. The lowest BCUT2D eigenvalue weighted by Crippen LogP contribution is -1.85. The van der Waals surface area contributed by atoms with Crippen molar-refractivity contribution in [3.05, 3.63) is 37.6 Å². The van der Waals surface area contributed by atoms with Crippen molar-refractivity contribution in [2.75, 3.05) is 0 Å². The minimum absolute atomic E-state index is 0.691. The van der Waals surface area contributed by atoms with Crippen molar-refractivity contribution in [2.45, 2.75) is 0 Å². The molecule has 0 aliphatic carbocycles. The molecule has 2 rings (SSSR count). The van der Waals surface area contributed by atoms with Gasteiger partial charge in [-0.25, -0.2) is 4.98 Å². The van der Waals surface area contributed by atoms with E-state index in [9.17, 15) is 0 Å². The summed E-state index contributed by atoms with van der Waals surface area (Å²) in [5.41, 5.74) is 0. The van der Waals surface area contributed by atoms with Crippen molar-refractivity contribution >= 4 is 60.9 Å². The van der Waals surface area contributed by atoms with Crippen LogP contribution in [0.25, 0.3) is 10.8 Å². The molecule has 0 saturated heterocycles. The van der Waals surface area contributed by atoms with Crippen molar-refractivity contribution in [1.29, 1.82) is 0 Å². The number of hydrogen-bond donors (Lipinski definition) is 0. The molecule has 1 aromatic heterocycles. The summed E-state index contributed by atoms with van der Waals surface area (Å²) in [6, 6.07) is 5.95. The molecule has 1 aromatic carbocycles. The molecule has 0 aliphatic heterocycles. The van der Waals surface area contributed by atoms with Gasteiger partial charge in [-0.15, -0.1) is 0 Å². The van der Waals surface area contributed by atoms with Crippen molar-refractivity contribution in [1.82, 2.24) is 4.98 Å². The van der Waals surface area contributed by atoms with Crippen LogP contribution < -0.4 is 0 Å². The molecular formula is C9H4BrClIN. The molecular weight excluding hydrogens is 364 g/mol. The van der Waals surface area contributed by atoms with Gasteiger partial charge in [0, 0.05) is 21.4 Å². The molecule has 0 amide bonds. The van der Waals surface area contributed by atoms with Crippen LogP contribution >= 0.6 is 50.1 Å². The molecule has 13 heavy (non-hydrogen) atoms. The molecule has 0 radical (unpaired) electrons. The molecule has 1 heterocycles. The third kappa shape index (κ3) is 1.69. The lowest BCUT2D eigenvalue weighted by molar-refractivity contribution is 1.31. The Morgan fingerprint density at radius 3 is 2.85 bits per heavy atom. The van der Waals surface area contributed by atoms with Crippen molar-refractivity contribution in [3.63, 3.8) is 0 Å².